The average molecular weight is 417 g/mol. The largest absolute Gasteiger partial charge is 0.471 e. The standard InChI is InChI=1S/C17H12F5N3O2S/c1-28(26,9-11-3-2-4-13(18)14(11)19)25-12-7-5-10(6-8-12)15-23-16(27-24-15)17(20,21)22/h2-8H,9H2,1H3. The molecule has 0 aliphatic heterocycles. The van der Waals surface area contributed by atoms with Crippen molar-refractivity contribution in [3.63, 3.8) is 0 Å². The van der Waals surface area contributed by atoms with Crippen LogP contribution in [-0.4, -0.2) is 20.6 Å². The molecule has 0 saturated heterocycles. The van der Waals surface area contributed by atoms with Crippen LogP contribution in [0.2, 0.25) is 0 Å². The minimum Gasteiger partial charge on any atom is -0.329 e. The summed E-state index contributed by atoms with van der Waals surface area (Å²) in [6.07, 6.45) is -3.46. The second kappa shape index (κ2) is 7.30. The summed E-state index contributed by atoms with van der Waals surface area (Å²) in [7, 11) is -2.95. The maximum Gasteiger partial charge on any atom is 0.471 e. The van der Waals surface area contributed by atoms with Crippen molar-refractivity contribution in [3.05, 3.63) is 65.6 Å². The highest BCUT2D eigenvalue weighted by molar-refractivity contribution is 7.92. The third kappa shape index (κ3) is 4.53. The molecule has 1 atom stereocenters. The number of hydrogen-bond donors (Lipinski definition) is 0. The number of hydrogen-bond acceptors (Lipinski definition) is 5. The molecule has 148 valence electrons. The van der Waals surface area contributed by atoms with Crippen molar-refractivity contribution in [2.75, 3.05) is 6.26 Å². The Kier molecular flexibility index (Phi) is 5.20. The summed E-state index contributed by atoms with van der Waals surface area (Å²) in [4.78, 5) is 3.26. The molecule has 5 nitrogen and oxygen atoms in total. The van der Waals surface area contributed by atoms with Gasteiger partial charge in [-0.1, -0.05) is 17.3 Å². The molecule has 0 spiro atoms. The lowest BCUT2D eigenvalue weighted by atomic mass is 10.2. The van der Waals surface area contributed by atoms with Gasteiger partial charge in [-0.05, 0) is 30.3 Å². The molecular weight excluding hydrogens is 405 g/mol. The van der Waals surface area contributed by atoms with Crippen LogP contribution in [0.1, 0.15) is 11.5 Å². The molecule has 3 aromatic rings. The fourth-order valence-electron chi connectivity index (χ4n) is 2.33. The Morgan fingerprint density at radius 2 is 1.79 bits per heavy atom. The SMILES string of the molecule is CS(=O)(Cc1cccc(F)c1F)=Nc1ccc(-c2noc(C(F)(F)F)n2)cc1. The van der Waals surface area contributed by atoms with Gasteiger partial charge in [0.2, 0.25) is 5.82 Å². The predicted octanol–water partition coefficient (Wildman–Crippen LogP) is 4.96. The van der Waals surface area contributed by atoms with Crippen molar-refractivity contribution < 1.29 is 30.7 Å². The van der Waals surface area contributed by atoms with Gasteiger partial charge >= 0.3 is 12.1 Å². The van der Waals surface area contributed by atoms with Crippen molar-refractivity contribution in [1.82, 2.24) is 10.1 Å². The van der Waals surface area contributed by atoms with Crippen LogP contribution in [0.3, 0.4) is 0 Å². The van der Waals surface area contributed by atoms with E-state index in [-0.39, 0.29) is 28.4 Å². The van der Waals surface area contributed by atoms with Crippen molar-refractivity contribution >= 4 is 15.4 Å². The lowest BCUT2D eigenvalue weighted by Crippen LogP contribution is -2.04. The van der Waals surface area contributed by atoms with Crippen LogP contribution in [0.15, 0.2) is 51.4 Å². The monoisotopic (exact) mass is 417 g/mol. The van der Waals surface area contributed by atoms with Gasteiger partial charge in [-0.25, -0.2) is 13.0 Å². The molecule has 1 aromatic heterocycles. The van der Waals surface area contributed by atoms with E-state index in [2.05, 4.69) is 19.0 Å². The van der Waals surface area contributed by atoms with Gasteiger partial charge in [-0.2, -0.15) is 22.5 Å². The third-order valence-electron chi connectivity index (χ3n) is 3.55. The summed E-state index contributed by atoms with van der Waals surface area (Å²) in [5.41, 5.74) is 0.406. The summed E-state index contributed by atoms with van der Waals surface area (Å²) < 4.78 is 85.4. The molecule has 0 radical (unpaired) electrons. The second-order valence-electron chi connectivity index (χ2n) is 5.88. The third-order valence-corrected chi connectivity index (χ3v) is 4.99. The maximum absolute atomic E-state index is 13.8. The summed E-state index contributed by atoms with van der Waals surface area (Å²) in [5, 5.41) is 3.26. The number of rotatable bonds is 4. The van der Waals surface area contributed by atoms with Gasteiger partial charge in [0.15, 0.2) is 11.6 Å². The Hall–Kier alpha value is -2.82. The van der Waals surface area contributed by atoms with Gasteiger partial charge in [0, 0.05) is 17.4 Å². The molecule has 11 heteroatoms. The molecule has 2 aromatic carbocycles. The number of nitrogens with zero attached hydrogens (tertiary/aromatic N) is 3. The minimum absolute atomic E-state index is 0.0700. The molecule has 0 amide bonds. The summed E-state index contributed by atoms with van der Waals surface area (Å²) >= 11 is 0. The van der Waals surface area contributed by atoms with Gasteiger partial charge in [-0.15, -0.1) is 0 Å². The summed E-state index contributed by atoms with van der Waals surface area (Å²) in [6, 6.07) is 9.11. The Bertz CT molecular complexity index is 1120. The zero-order valence-electron chi connectivity index (χ0n) is 14.2. The second-order valence-corrected chi connectivity index (χ2v) is 8.27. The highest BCUT2D eigenvalue weighted by atomic mass is 32.2. The molecule has 0 N–H and O–H groups in total. The molecule has 0 bridgehead atoms. The highest BCUT2D eigenvalue weighted by Gasteiger charge is 2.38. The van der Waals surface area contributed by atoms with E-state index < -0.39 is 33.4 Å². The van der Waals surface area contributed by atoms with Crippen molar-refractivity contribution in [2.45, 2.75) is 11.9 Å². The molecule has 0 aliphatic rings. The number of aromatic nitrogens is 2. The number of benzene rings is 2. The molecule has 1 unspecified atom stereocenters. The van der Waals surface area contributed by atoms with Crippen molar-refractivity contribution in [1.29, 1.82) is 0 Å². The van der Waals surface area contributed by atoms with Gasteiger partial charge < -0.3 is 4.52 Å². The van der Waals surface area contributed by atoms with E-state index in [0.717, 1.165) is 6.07 Å². The van der Waals surface area contributed by atoms with E-state index >= 15 is 0 Å². The molecule has 0 aliphatic carbocycles. The smallest absolute Gasteiger partial charge is 0.329 e. The average Bonchev–Trinajstić information content (AvgIpc) is 3.09. The van der Waals surface area contributed by atoms with E-state index in [0.29, 0.717) is 0 Å². The Labute approximate surface area is 156 Å². The molecule has 3 rings (SSSR count). The van der Waals surface area contributed by atoms with Crippen molar-refractivity contribution in [3.8, 4) is 11.4 Å². The first kappa shape index (κ1) is 19.9. The zero-order chi connectivity index (χ0) is 20.5. The molecular formula is C17H12F5N3O2S. The lowest BCUT2D eigenvalue weighted by molar-refractivity contribution is -0.159. The first-order chi connectivity index (χ1) is 13.0. The van der Waals surface area contributed by atoms with Crippen molar-refractivity contribution in [2.24, 2.45) is 4.36 Å². The van der Waals surface area contributed by atoms with E-state index in [9.17, 15) is 26.2 Å². The summed E-state index contributed by atoms with van der Waals surface area (Å²) in [5.74, 6) is -4.17. The van der Waals surface area contributed by atoms with Crippen LogP contribution in [-0.2, 0) is 21.7 Å². The summed E-state index contributed by atoms with van der Waals surface area (Å²) in [6.45, 7) is 0. The predicted molar refractivity (Wildman–Crippen MR) is 91.0 cm³/mol. The fourth-order valence-corrected chi connectivity index (χ4v) is 3.76. The van der Waals surface area contributed by atoms with Crippen LogP contribution >= 0.6 is 0 Å². The fraction of sp³-hybridized carbons (Fsp3) is 0.176. The van der Waals surface area contributed by atoms with Gasteiger partial charge in [0.25, 0.3) is 0 Å². The maximum atomic E-state index is 13.8. The van der Waals surface area contributed by atoms with E-state index in [4.69, 9.17) is 0 Å². The quantitative estimate of drug-likeness (QED) is 0.563. The number of alkyl halides is 3. The molecule has 0 saturated carbocycles. The first-order valence-corrected chi connectivity index (χ1v) is 9.78. The topological polar surface area (TPSA) is 68.3 Å². The van der Waals surface area contributed by atoms with E-state index in [1.807, 2.05) is 0 Å². The van der Waals surface area contributed by atoms with Crippen LogP contribution < -0.4 is 0 Å². The van der Waals surface area contributed by atoms with E-state index in [1.165, 1.54) is 42.7 Å². The lowest BCUT2D eigenvalue weighted by Gasteiger charge is -2.07. The Morgan fingerprint density at radius 1 is 1.11 bits per heavy atom. The van der Waals surface area contributed by atoms with Crippen LogP contribution in [0.5, 0.6) is 0 Å². The van der Waals surface area contributed by atoms with Gasteiger partial charge in [0.1, 0.15) is 0 Å². The Balaban J connectivity index is 1.83. The number of halogens is 5. The molecule has 0 fully saturated rings. The van der Waals surface area contributed by atoms with Crippen LogP contribution in [0, 0.1) is 11.6 Å². The highest BCUT2D eigenvalue weighted by Crippen LogP contribution is 2.30. The molecule has 1 heterocycles. The van der Waals surface area contributed by atoms with Crippen LogP contribution in [0.4, 0.5) is 27.6 Å². The van der Waals surface area contributed by atoms with E-state index in [1.54, 1.807) is 0 Å². The molecule has 28 heavy (non-hydrogen) atoms. The van der Waals surface area contributed by atoms with Gasteiger partial charge in [-0.3, -0.25) is 0 Å². The normalized spacial score (nSPS) is 13.9. The zero-order valence-corrected chi connectivity index (χ0v) is 15.0. The van der Waals surface area contributed by atoms with Crippen LogP contribution in [0.25, 0.3) is 11.4 Å². The first-order valence-electron chi connectivity index (χ1n) is 7.69. The Morgan fingerprint density at radius 3 is 2.39 bits per heavy atom. The minimum atomic E-state index is -4.75. The van der Waals surface area contributed by atoms with Gasteiger partial charge in [0.05, 0.1) is 21.2 Å².